The molecule has 0 aliphatic rings. The number of rotatable bonds is 8. The molecule has 4 nitrogen and oxygen atoms in total. The highest BCUT2D eigenvalue weighted by molar-refractivity contribution is 5.43. The van der Waals surface area contributed by atoms with Gasteiger partial charge in [0.2, 0.25) is 12.7 Å². The first-order valence-corrected chi connectivity index (χ1v) is 9.05. The Morgan fingerprint density at radius 2 is 1.23 bits per heavy atom. The molecule has 0 radical (unpaired) electrons. The van der Waals surface area contributed by atoms with E-state index in [0.29, 0.717) is 0 Å². The third-order valence-corrected chi connectivity index (χ3v) is 4.35. The third-order valence-electron chi connectivity index (χ3n) is 4.35. The minimum absolute atomic E-state index is 0. The molecule has 142 valence electrons. The Balaban J connectivity index is 0.00000169. The summed E-state index contributed by atoms with van der Waals surface area (Å²) in [5, 5.41) is 0. The number of halogens is 2. The van der Waals surface area contributed by atoms with Crippen molar-refractivity contribution >= 4 is 0 Å². The Labute approximate surface area is 190 Å². The van der Waals surface area contributed by atoms with Crippen molar-refractivity contribution in [1.29, 1.82) is 0 Å². The van der Waals surface area contributed by atoms with Gasteiger partial charge in [0.1, 0.15) is 36.2 Å². The second kappa shape index (κ2) is 11.7. The lowest BCUT2D eigenvalue weighted by Gasteiger charge is -1.99. The zero-order valence-corrected chi connectivity index (χ0v) is 19.9. The van der Waals surface area contributed by atoms with Crippen molar-refractivity contribution in [2.24, 2.45) is 0 Å². The summed E-state index contributed by atoms with van der Waals surface area (Å²) >= 11 is 0. The Hall–Kier alpha value is -0.900. The fourth-order valence-corrected chi connectivity index (χ4v) is 2.85. The molecule has 26 heavy (non-hydrogen) atoms. The lowest BCUT2D eigenvalue weighted by Crippen LogP contribution is -3.00. The first-order chi connectivity index (χ1) is 11.8. The summed E-state index contributed by atoms with van der Waals surface area (Å²) in [5.41, 5.74) is 2.38. The van der Waals surface area contributed by atoms with E-state index in [9.17, 15) is 0 Å². The van der Waals surface area contributed by atoms with E-state index in [1.165, 1.54) is 37.1 Å². The number of nitrogens with zero attached hydrogens (tertiary/aromatic N) is 4. The van der Waals surface area contributed by atoms with Gasteiger partial charge in [0.25, 0.3) is 0 Å². The SMILES string of the molecule is CCCC[n+]1ccn(-c2cccc(-n3cc[n+](CCCC)c3)c2)c1.[I-].[I-]. The molecule has 6 heteroatoms. The molecule has 3 rings (SSSR count). The van der Waals surface area contributed by atoms with E-state index in [1.54, 1.807) is 0 Å². The number of unbranched alkanes of at least 4 members (excludes halogenated alkanes) is 2. The van der Waals surface area contributed by atoms with E-state index in [4.69, 9.17) is 0 Å². The smallest absolute Gasteiger partial charge is 0.248 e. The summed E-state index contributed by atoms with van der Waals surface area (Å²) in [6, 6.07) is 8.66. The van der Waals surface area contributed by atoms with Gasteiger partial charge < -0.3 is 48.0 Å². The Kier molecular flexibility index (Phi) is 10.4. The van der Waals surface area contributed by atoms with Gasteiger partial charge in [-0.2, -0.15) is 0 Å². The van der Waals surface area contributed by atoms with Crippen LogP contribution in [0.5, 0.6) is 0 Å². The molecule has 0 saturated carbocycles. The zero-order chi connectivity index (χ0) is 16.8. The molecule has 0 saturated heterocycles. The molecular formula is C20H28I2N4. The fourth-order valence-electron chi connectivity index (χ4n) is 2.85. The molecule has 0 unspecified atom stereocenters. The van der Waals surface area contributed by atoms with Crippen LogP contribution in [0, 0.1) is 0 Å². The van der Waals surface area contributed by atoms with Crippen molar-refractivity contribution in [1.82, 2.24) is 9.13 Å². The van der Waals surface area contributed by atoms with E-state index < -0.39 is 0 Å². The zero-order valence-electron chi connectivity index (χ0n) is 15.6. The Morgan fingerprint density at radius 3 is 1.65 bits per heavy atom. The van der Waals surface area contributed by atoms with Crippen LogP contribution in [0.4, 0.5) is 0 Å². The van der Waals surface area contributed by atoms with Crippen LogP contribution < -0.4 is 57.1 Å². The maximum atomic E-state index is 2.25. The Bertz CT molecular complexity index is 718. The number of aromatic nitrogens is 4. The van der Waals surface area contributed by atoms with Crippen molar-refractivity contribution in [2.45, 2.75) is 52.6 Å². The van der Waals surface area contributed by atoms with Gasteiger partial charge in [-0.05, 0) is 25.0 Å². The predicted octanol–water partition coefficient (Wildman–Crippen LogP) is -2.55. The van der Waals surface area contributed by atoms with Gasteiger partial charge in [-0.25, -0.2) is 18.3 Å². The van der Waals surface area contributed by atoms with Gasteiger partial charge in [0.05, 0.1) is 13.1 Å². The maximum absolute atomic E-state index is 2.25. The maximum Gasteiger partial charge on any atom is 0.248 e. The summed E-state index contributed by atoms with van der Waals surface area (Å²) in [6.07, 6.45) is 17.8. The average Bonchev–Trinajstić information content (AvgIpc) is 3.28. The molecule has 2 aromatic heterocycles. The molecule has 3 aromatic rings. The molecule has 0 N–H and O–H groups in total. The molecule has 0 atom stereocenters. The summed E-state index contributed by atoms with van der Waals surface area (Å²) in [5.74, 6) is 0. The Morgan fingerprint density at radius 1 is 0.769 bits per heavy atom. The highest BCUT2D eigenvalue weighted by Gasteiger charge is 2.11. The van der Waals surface area contributed by atoms with Gasteiger partial charge in [-0.15, -0.1) is 0 Å². The topological polar surface area (TPSA) is 17.6 Å². The minimum atomic E-state index is 0. The van der Waals surface area contributed by atoms with Crippen molar-refractivity contribution in [3.8, 4) is 11.4 Å². The van der Waals surface area contributed by atoms with E-state index >= 15 is 0 Å². The van der Waals surface area contributed by atoms with E-state index in [1.807, 2.05) is 0 Å². The highest BCUT2D eigenvalue weighted by atomic mass is 127. The van der Waals surface area contributed by atoms with E-state index in [2.05, 4.69) is 93.8 Å². The normalized spacial score (nSPS) is 10.2. The van der Waals surface area contributed by atoms with Crippen molar-refractivity contribution in [3.63, 3.8) is 0 Å². The predicted molar refractivity (Wildman–Crippen MR) is 95.3 cm³/mol. The minimum Gasteiger partial charge on any atom is -1.00 e. The van der Waals surface area contributed by atoms with Crippen LogP contribution in [0.15, 0.2) is 61.7 Å². The summed E-state index contributed by atoms with van der Waals surface area (Å²) in [7, 11) is 0. The molecule has 0 spiro atoms. The van der Waals surface area contributed by atoms with E-state index in [0.717, 1.165) is 13.1 Å². The van der Waals surface area contributed by atoms with Gasteiger partial charge in [0, 0.05) is 6.07 Å². The van der Waals surface area contributed by atoms with E-state index in [-0.39, 0.29) is 48.0 Å². The largest absolute Gasteiger partial charge is 1.00 e. The molecular weight excluding hydrogens is 550 g/mol. The molecule has 0 amide bonds. The van der Waals surface area contributed by atoms with Crippen molar-refractivity contribution in [3.05, 3.63) is 61.7 Å². The van der Waals surface area contributed by atoms with Gasteiger partial charge in [-0.1, -0.05) is 32.8 Å². The lowest BCUT2D eigenvalue weighted by atomic mass is 10.2. The molecule has 1 aromatic carbocycles. The number of aryl methyl sites for hydroxylation is 2. The van der Waals surface area contributed by atoms with Gasteiger partial charge in [-0.3, -0.25) is 0 Å². The van der Waals surface area contributed by atoms with Crippen LogP contribution in [-0.2, 0) is 13.1 Å². The molecule has 2 heterocycles. The van der Waals surface area contributed by atoms with Crippen LogP contribution >= 0.6 is 0 Å². The first kappa shape index (κ1) is 23.1. The van der Waals surface area contributed by atoms with Crippen molar-refractivity contribution in [2.75, 3.05) is 0 Å². The molecule has 0 aliphatic carbocycles. The summed E-state index contributed by atoms with van der Waals surface area (Å²) in [6.45, 7) is 6.62. The van der Waals surface area contributed by atoms with Crippen LogP contribution in [-0.4, -0.2) is 9.13 Å². The fraction of sp³-hybridized carbons (Fsp3) is 0.400. The second-order valence-corrected chi connectivity index (χ2v) is 6.34. The van der Waals surface area contributed by atoms with Crippen LogP contribution in [0.2, 0.25) is 0 Å². The van der Waals surface area contributed by atoms with Crippen LogP contribution in [0.1, 0.15) is 39.5 Å². The average molecular weight is 578 g/mol. The third kappa shape index (κ3) is 6.07. The monoisotopic (exact) mass is 578 g/mol. The molecule has 0 bridgehead atoms. The lowest BCUT2D eigenvalue weighted by molar-refractivity contribution is -0.696. The summed E-state index contributed by atoms with van der Waals surface area (Å²) in [4.78, 5) is 0. The molecule has 0 fully saturated rings. The first-order valence-electron chi connectivity index (χ1n) is 9.05. The van der Waals surface area contributed by atoms with Crippen molar-refractivity contribution < 1.29 is 57.1 Å². The standard InChI is InChI=1S/C20H28N4.2HI/c1-3-5-10-21-12-14-23(17-21)19-8-7-9-20(16-19)24-15-13-22(18-24)11-6-4-2;;/h7-9,12-18H,3-6,10-11H2,1-2H3;2*1H/q+2;;/p-2. The number of imidazole rings is 2. The molecule has 0 aliphatic heterocycles. The quantitative estimate of drug-likeness (QED) is 0.207. The summed E-state index contributed by atoms with van der Waals surface area (Å²) < 4.78 is 8.89. The number of hydrogen-bond acceptors (Lipinski definition) is 0. The van der Waals surface area contributed by atoms with Crippen LogP contribution in [0.3, 0.4) is 0 Å². The van der Waals surface area contributed by atoms with Crippen LogP contribution in [0.25, 0.3) is 11.4 Å². The highest BCUT2D eigenvalue weighted by Crippen LogP contribution is 2.13. The number of hydrogen-bond donors (Lipinski definition) is 0. The van der Waals surface area contributed by atoms with Gasteiger partial charge in [0.15, 0.2) is 0 Å². The second-order valence-electron chi connectivity index (χ2n) is 6.34. The van der Waals surface area contributed by atoms with Gasteiger partial charge >= 0.3 is 0 Å². The number of benzene rings is 1.